The lowest BCUT2D eigenvalue weighted by molar-refractivity contribution is 0.0915. The minimum absolute atomic E-state index is 0.00662. The van der Waals surface area contributed by atoms with E-state index in [4.69, 9.17) is 0 Å². The molecule has 8 nitrogen and oxygen atoms in total. The van der Waals surface area contributed by atoms with E-state index in [9.17, 15) is 9.59 Å². The molecule has 0 aliphatic carbocycles. The molecular formula is C15H12N6O2S2. The van der Waals surface area contributed by atoms with Crippen molar-refractivity contribution < 1.29 is 9.59 Å². The number of amides is 2. The second-order valence-corrected chi connectivity index (χ2v) is 6.51. The van der Waals surface area contributed by atoms with Crippen LogP contribution in [-0.4, -0.2) is 34.2 Å². The fourth-order valence-electron chi connectivity index (χ4n) is 1.79. The van der Waals surface area contributed by atoms with Crippen molar-refractivity contribution in [1.82, 2.24) is 20.8 Å². The van der Waals surface area contributed by atoms with Crippen LogP contribution in [0.25, 0.3) is 0 Å². The zero-order chi connectivity index (χ0) is 17.5. The molecule has 0 unspecified atom stereocenters. The van der Waals surface area contributed by atoms with Crippen LogP contribution in [0.5, 0.6) is 0 Å². The van der Waals surface area contributed by atoms with Gasteiger partial charge in [-0.25, -0.2) is 15.8 Å². The number of nitrogens with one attached hydrogen (secondary N) is 3. The van der Waals surface area contributed by atoms with Crippen molar-refractivity contribution in [3.63, 3.8) is 0 Å². The van der Waals surface area contributed by atoms with E-state index >= 15 is 0 Å². The minimum Gasteiger partial charge on any atom is -0.340 e. The van der Waals surface area contributed by atoms with Crippen LogP contribution in [0.2, 0.25) is 0 Å². The van der Waals surface area contributed by atoms with E-state index in [0.717, 1.165) is 9.75 Å². The Labute approximate surface area is 150 Å². The van der Waals surface area contributed by atoms with E-state index in [-0.39, 0.29) is 11.4 Å². The maximum absolute atomic E-state index is 12.1. The molecule has 0 spiro atoms. The highest BCUT2D eigenvalue weighted by atomic mass is 32.1. The summed E-state index contributed by atoms with van der Waals surface area (Å²) >= 11 is 2.97. The number of hydrazone groups is 2. The first-order valence-corrected chi connectivity index (χ1v) is 8.77. The Morgan fingerprint density at radius 3 is 2.16 bits per heavy atom. The lowest BCUT2D eigenvalue weighted by Gasteiger charge is -2.00. The van der Waals surface area contributed by atoms with Crippen molar-refractivity contribution in [3.8, 4) is 0 Å². The molecule has 0 bridgehead atoms. The lowest BCUT2D eigenvalue weighted by Crippen LogP contribution is -2.25. The number of aromatic amines is 1. The topological polar surface area (TPSA) is 112 Å². The number of carbonyl (C=O) groups is 2. The molecule has 0 saturated heterocycles. The van der Waals surface area contributed by atoms with Crippen LogP contribution >= 0.6 is 22.7 Å². The van der Waals surface area contributed by atoms with Crippen molar-refractivity contribution in [2.45, 2.75) is 0 Å². The number of hydrogen-bond donors (Lipinski definition) is 3. The maximum atomic E-state index is 12.1. The third-order valence-corrected chi connectivity index (χ3v) is 4.50. The number of thiophene rings is 2. The van der Waals surface area contributed by atoms with Gasteiger partial charge < -0.3 is 4.98 Å². The number of aromatic nitrogens is 2. The van der Waals surface area contributed by atoms with Crippen molar-refractivity contribution >= 4 is 46.9 Å². The average molecular weight is 372 g/mol. The predicted octanol–water partition coefficient (Wildman–Crippen LogP) is 2.06. The number of H-pyrrole nitrogens is 1. The number of nitrogens with zero attached hydrogens (tertiary/aromatic N) is 3. The quantitative estimate of drug-likeness (QED) is 0.455. The summed E-state index contributed by atoms with van der Waals surface area (Å²) < 4.78 is 0. The number of carbonyl (C=O) groups excluding carboxylic acids is 2. The van der Waals surface area contributed by atoms with Crippen molar-refractivity contribution in [2.24, 2.45) is 10.2 Å². The molecule has 2 amide bonds. The van der Waals surface area contributed by atoms with E-state index in [2.05, 4.69) is 31.0 Å². The first-order valence-electron chi connectivity index (χ1n) is 7.01. The van der Waals surface area contributed by atoms with Gasteiger partial charge in [-0.15, -0.1) is 22.7 Å². The second-order valence-electron chi connectivity index (χ2n) is 4.56. The largest absolute Gasteiger partial charge is 0.340 e. The molecule has 0 aliphatic heterocycles. The van der Waals surface area contributed by atoms with Crippen LogP contribution in [-0.2, 0) is 0 Å². The maximum Gasteiger partial charge on any atom is 0.292 e. The van der Waals surface area contributed by atoms with Crippen LogP contribution in [0.15, 0.2) is 51.6 Å². The highest BCUT2D eigenvalue weighted by Gasteiger charge is 2.19. The van der Waals surface area contributed by atoms with Gasteiger partial charge in [0.05, 0.1) is 18.8 Å². The molecule has 0 radical (unpaired) electrons. The molecule has 0 aromatic carbocycles. The minimum atomic E-state index is -0.596. The molecule has 0 saturated carbocycles. The molecule has 126 valence electrons. The molecule has 3 rings (SSSR count). The van der Waals surface area contributed by atoms with E-state index < -0.39 is 11.8 Å². The molecule has 3 aromatic heterocycles. The van der Waals surface area contributed by atoms with Gasteiger partial charge in [0.2, 0.25) is 0 Å². The highest BCUT2D eigenvalue weighted by Crippen LogP contribution is 2.06. The zero-order valence-electron chi connectivity index (χ0n) is 12.7. The molecular weight excluding hydrogens is 360 g/mol. The smallest absolute Gasteiger partial charge is 0.292 e. The molecule has 3 N–H and O–H groups in total. The SMILES string of the molecule is O=C(NN=Cc1cccs1)c1nc[nH]c1C(=O)NN=Cc1cccs1. The second kappa shape index (κ2) is 8.13. The van der Waals surface area contributed by atoms with Gasteiger partial charge in [-0.3, -0.25) is 9.59 Å². The lowest BCUT2D eigenvalue weighted by atomic mass is 10.3. The van der Waals surface area contributed by atoms with E-state index in [1.165, 1.54) is 41.4 Å². The number of hydrogen-bond acceptors (Lipinski definition) is 7. The Morgan fingerprint density at radius 1 is 1.00 bits per heavy atom. The average Bonchev–Trinajstić information content (AvgIpc) is 3.36. The third-order valence-electron chi connectivity index (χ3n) is 2.88. The Kier molecular flexibility index (Phi) is 5.44. The van der Waals surface area contributed by atoms with E-state index in [1.807, 2.05) is 35.0 Å². The fraction of sp³-hybridized carbons (Fsp3) is 0. The molecule has 25 heavy (non-hydrogen) atoms. The fourth-order valence-corrected chi connectivity index (χ4v) is 2.96. The standard InChI is InChI=1S/C15H12N6O2S2/c22-14(20-18-7-10-3-1-5-24-10)12-13(17-9-16-12)15(23)21-19-8-11-4-2-6-25-11/h1-9H,(H,16,17)(H,20,22)(H,21,23). The summed E-state index contributed by atoms with van der Waals surface area (Å²) in [5, 5.41) is 11.5. The Morgan fingerprint density at radius 2 is 1.60 bits per heavy atom. The van der Waals surface area contributed by atoms with Gasteiger partial charge in [-0.1, -0.05) is 12.1 Å². The van der Waals surface area contributed by atoms with Crippen molar-refractivity contribution in [3.05, 3.63) is 62.5 Å². The van der Waals surface area contributed by atoms with Crippen LogP contribution in [0.1, 0.15) is 30.7 Å². The van der Waals surface area contributed by atoms with Crippen LogP contribution in [0, 0.1) is 0 Å². The van der Waals surface area contributed by atoms with Crippen molar-refractivity contribution in [1.29, 1.82) is 0 Å². The van der Waals surface area contributed by atoms with Gasteiger partial charge in [-0.05, 0) is 22.9 Å². The summed E-state index contributed by atoms with van der Waals surface area (Å²) in [6.45, 7) is 0. The molecule has 0 atom stereocenters. The molecule has 10 heteroatoms. The van der Waals surface area contributed by atoms with Crippen LogP contribution in [0.3, 0.4) is 0 Å². The van der Waals surface area contributed by atoms with Gasteiger partial charge in [0.1, 0.15) is 5.69 Å². The Bertz CT molecular complexity index is 824. The summed E-state index contributed by atoms with van der Waals surface area (Å²) in [5.74, 6) is -1.17. The highest BCUT2D eigenvalue weighted by molar-refractivity contribution is 7.12. The molecule has 0 aliphatic rings. The van der Waals surface area contributed by atoms with Gasteiger partial charge in [0.25, 0.3) is 11.8 Å². The Balaban J connectivity index is 1.61. The Hall–Kier alpha value is -3.11. The zero-order valence-corrected chi connectivity index (χ0v) is 14.3. The molecule has 0 fully saturated rings. The number of imidazole rings is 1. The summed E-state index contributed by atoms with van der Waals surface area (Å²) in [6.07, 6.45) is 4.29. The molecule has 3 aromatic rings. The first-order chi connectivity index (χ1) is 12.2. The number of rotatable bonds is 6. The van der Waals surface area contributed by atoms with Gasteiger partial charge in [0.15, 0.2) is 5.69 Å². The summed E-state index contributed by atoms with van der Waals surface area (Å²) in [7, 11) is 0. The van der Waals surface area contributed by atoms with E-state index in [1.54, 1.807) is 0 Å². The first kappa shape index (κ1) is 16.7. The third kappa shape index (κ3) is 4.46. The summed E-state index contributed by atoms with van der Waals surface area (Å²) in [5.41, 5.74) is 4.63. The van der Waals surface area contributed by atoms with Gasteiger partial charge >= 0.3 is 0 Å². The van der Waals surface area contributed by atoms with Crippen LogP contribution < -0.4 is 10.9 Å². The normalized spacial score (nSPS) is 11.2. The van der Waals surface area contributed by atoms with Crippen LogP contribution in [0.4, 0.5) is 0 Å². The molecule has 3 heterocycles. The predicted molar refractivity (Wildman–Crippen MR) is 97.3 cm³/mol. The monoisotopic (exact) mass is 372 g/mol. The summed E-state index contributed by atoms with van der Waals surface area (Å²) in [6, 6.07) is 7.48. The van der Waals surface area contributed by atoms with Crippen molar-refractivity contribution in [2.75, 3.05) is 0 Å². The summed E-state index contributed by atoms with van der Waals surface area (Å²) in [4.78, 5) is 32.5. The van der Waals surface area contributed by atoms with Gasteiger partial charge in [-0.2, -0.15) is 10.2 Å². The van der Waals surface area contributed by atoms with E-state index in [0.29, 0.717) is 0 Å². The van der Waals surface area contributed by atoms with Gasteiger partial charge in [0, 0.05) is 9.75 Å².